The van der Waals surface area contributed by atoms with Crippen molar-refractivity contribution in [3.63, 3.8) is 0 Å². The fraction of sp³-hybridized carbons (Fsp3) is 0.667. The second-order valence-electron chi connectivity index (χ2n) is 4.24. The normalized spacial score (nSPS) is 12.9. The van der Waals surface area contributed by atoms with Gasteiger partial charge in [0, 0.05) is 16.3 Å². The van der Waals surface area contributed by atoms with Crippen molar-refractivity contribution < 1.29 is 26.7 Å². The van der Waals surface area contributed by atoms with Crippen LogP contribution in [0.4, 0.5) is 22.0 Å². The molecule has 0 fully saturated rings. The zero-order valence-electron chi connectivity index (χ0n) is 10.9. The summed E-state index contributed by atoms with van der Waals surface area (Å²) in [4.78, 5) is 1.61. The molecule has 1 heterocycles. The van der Waals surface area contributed by atoms with Gasteiger partial charge in [0.1, 0.15) is 6.61 Å². The largest absolute Gasteiger partial charge is 0.455 e. The summed E-state index contributed by atoms with van der Waals surface area (Å²) < 4.78 is 65.3. The molecule has 0 saturated carbocycles. The summed E-state index contributed by atoms with van der Waals surface area (Å²) in [7, 11) is 0. The highest BCUT2D eigenvalue weighted by molar-refractivity contribution is 7.11. The lowest BCUT2D eigenvalue weighted by atomic mass is 10.3. The minimum Gasteiger partial charge on any atom is -0.369 e. The van der Waals surface area contributed by atoms with E-state index >= 15 is 0 Å². The highest BCUT2D eigenvalue weighted by Crippen LogP contribution is 2.35. The number of hydrogen-bond acceptors (Lipinski definition) is 3. The van der Waals surface area contributed by atoms with Gasteiger partial charge in [0.05, 0.1) is 6.61 Å². The molecule has 0 bridgehead atoms. The van der Waals surface area contributed by atoms with Crippen LogP contribution < -0.4 is 5.32 Å². The van der Waals surface area contributed by atoms with Gasteiger partial charge < -0.3 is 10.1 Å². The minimum atomic E-state index is -5.57. The zero-order chi connectivity index (χ0) is 15.2. The lowest BCUT2D eigenvalue weighted by molar-refractivity contribution is -0.297. The Morgan fingerprint density at radius 3 is 2.40 bits per heavy atom. The van der Waals surface area contributed by atoms with Crippen molar-refractivity contribution in [2.45, 2.75) is 38.6 Å². The van der Waals surface area contributed by atoms with Crippen LogP contribution in [0, 0.1) is 0 Å². The standard InChI is InChI=1S/C12H16F5NOS/c1-2-5-18-6-9-3-4-10(20-9)7-19-8-11(13,14)12(15,16)17/h3-4,18H,2,5-8H2,1H3. The molecular formula is C12H16F5NOS. The van der Waals surface area contributed by atoms with E-state index in [-0.39, 0.29) is 6.61 Å². The summed E-state index contributed by atoms with van der Waals surface area (Å²) in [6.07, 6.45) is -4.58. The molecule has 0 amide bonds. The first kappa shape index (κ1) is 17.3. The predicted octanol–water partition coefficient (Wildman–Crippen LogP) is 3.96. The average Bonchev–Trinajstić information content (AvgIpc) is 2.76. The first-order chi connectivity index (χ1) is 9.26. The molecule has 0 aliphatic rings. The minimum absolute atomic E-state index is 0.246. The molecule has 0 spiro atoms. The monoisotopic (exact) mass is 317 g/mol. The molecule has 0 aromatic carbocycles. The van der Waals surface area contributed by atoms with Crippen LogP contribution >= 0.6 is 11.3 Å². The number of ether oxygens (including phenoxy) is 1. The van der Waals surface area contributed by atoms with Gasteiger partial charge in [0.25, 0.3) is 0 Å². The van der Waals surface area contributed by atoms with Gasteiger partial charge in [0.15, 0.2) is 0 Å². The molecule has 0 aliphatic heterocycles. The number of halogens is 5. The molecule has 0 unspecified atom stereocenters. The van der Waals surface area contributed by atoms with Gasteiger partial charge in [0.2, 0.25) is 0 Å². The molecule has 0 aliphatic carbocycles. The van der Waals surface area contributed by atoms with Crippen LogP contribution in [-0.2, 0) is 17.9 Å². The molecular weight excluding hydrogens is 301 g/mol. The number of alkyl halides is 5. The highest BCUT2D eigenvalue weighted by Gasteiger charge is 2.57. The van der Waals surface area contributed by atoms with E-state index in [1.165, 1.54) is 11.3 Å². The van der Waals surface area contributed by atoms with E-state index in [1.54, 1.807) is 12.1 Å². The summed E-state index contributed by atoms with van der Waals surface area (Å²) in [5, 5.41) is 3.17. The van der Waals surface area contributed by atoms with Crippen molar-refractivity contribution in [1.82, 2.24) is 5.32 Å². The Balaban J connectivity index is 2.36. The Labute approximate surface area is 117 Å². The average molecular weight is 317 g/mol. The first-order valence-electron chi connectivity index (χ1n) is 6.07. The van der Waals surface area contributed by atoms with Crippen LogP contribution in [0.25, 0.3) is 0 Å². The van der Waals surface area contributed by atoms with Crippen molar-refractivity contribution in [3.8, 4) is 0 Å². The summed E-state index contributed by atoms with van der Waals surface area (Å²) in [6, 6.07) is 3.47. The Hall–Kier alpha value is -0.730. The Morgan fingerprint density at radius 2 is 1.80 bits per heavy atom. The van der Waals surface area contributed by atoms with Crippen LogP contribution in [0.15, 0.2) is 12.1 Å². The lowest BCUT2D eigenvalue weighted by Gasteiger charge is -2.18. The number of nitrogens with one attached hydrogen (secondary N) is 1. The Bertz CT molecular complexity index is 405. The van der Waals surface area contributed by atoms with Gasteiger partial charge in [-0.1, -0.05) is 6.92 Å². The molecule has 116 valence electrons. The molecule has 8 heteroatoms. The van der Waals surface area contributed by atoms with Crippen LogP contribution in [-0.4, -0.2) is 25.3 Å². The second kappa shape index (κ2) is 7.33. The first-order valence-corrected chi connectivity index (χ1v) is 6.88. The van der Waals surface area contributed by atoms with Crippen molar-refractivity contribution in [3.05, 3.63) is 21.9 Å². The molecule has 1 rings (SSSR count). The lowest BCUT2D eigenvalue weighted by Crippen LogP contribution is -2.40. The van der Waals surface area contributed by atoms with Gasteiger partial charge in [-0.2, -0.15) is 22.0 Å². The van der Waals surface area contributed by atoms with Gasteiger partial charge >= 0.3 is 12.1 Å². The molecule has 2 nitrogen and oxygen atoms in total. The third kappa shape index (κ3) is 5.34. The SMILES string of the molecule is CCCNCc1ccc(COCC(F)(F)C(F)(F)F)s1. The second-order valence-corrected chi connectivity index (χ2v) is 5.49. The van der Waals surface area contributed by atoms with E-state index in [0.29, 0.717) is 11.4 Å². The summed E-state index contributed by atoms with van der Waals surface area (Å²) in [5.41, 5.74) is 0. The third-order valence-electron chi connectivity index (χ3n) is 2.39. The fourth-order valence-corrected chi connectivity index (χ4v) is 2.27. The van der Waals surface area contributed by atoms with Crippen molar-refractivity contribution in [2.24, 2.45) is 0 Å². The highest BCUT2D eigenvalue weighted by atomic mass is 32.1. The topological polar surface area (TPSA) is 21.3 Å². The zero-order valence-corrected chi connectivity index (χ0v) is 11.7. The van der Waals surface area contributed by atoms with E-state index in [9.17, 15) is 22.0 Å². The van der Waals surface area contributed by atoms with Gasteiger partial charge in [-0.15, -0.1) is 11.3 Å². The predicted molar refractivity (Wildman–Crippen MR) is 67.0 cm³/mol. The number of hydrogen-bond donors (Lipinski definition) is 1. The molecule has 1 aromatic rings. The molecule has 0 radical (unpaired) electrons. The molecule has 1 N–H and O–H groups in total. The maximum atomic E-state index is 12.6. The van der Waals surface area contributed by atoms with E-state index < -0.39 is 18.7 Å². The maximum Gasteiger partial charge on any atom is 0.455 e. The van der Waals surface area contributed by atoms with E-state index in [2.05, 4.69) is 10.1 Å². The van der Waals surface area contributed by atoms with E-state index in [1.807, 2.05) is 6.92 Å². The van der Waals surface area contributed by atoms with Crippen LogP contribution in [0.3, 0.4) is 0 Å². The Morgan fingerprint density at radius 1 is 1.15 bits per heavy atom. The molecule has 20 heavy (non-hydrogen) atoms. The van der Waals surface area contributed by atoms with Gasteiger partial charge in [-0.05, 0) is 25.1 Å². The summed E-state index contributed by atoms with van der Waals surface area (Å²) in [6.45, 7) is 1.64. The molecule has 1 aromatic heterocycles. The number of rotatable bonds is 8. The fourth-order valence-electron chi connectivity index (χ4n) is 1.34. The maximum absolute atomic E-state index is 12.6. The van der Waals surface area contributed by atoms with Crippen molar-refractivity contribution >= 4 is 11.3 Å². The van der Waals surface area contributed by atoms with Crippen LogP contribution in [0.2, 0.25) is 0 Å². The van der Waals surface area contributed by atoms with Crippen LogP contribution in [0.1, 0.15) is 23.1 Å². The summed E-state index contributed by atoms with van der Waals surface area (Å²) in [5.74, 6) is -4.81. The van der Waals surface area contributed by atoms with E-state index in [0.717, 1.165) is 17.8 Å². The Kier molecular flexibility index (Phi) is 6.35. The van der Waals surface area contributed by atoms with Crippen LogP contribution in [0.5, 0.6) is 0 Å². The summed E-state index contributed by atoms with van der Waals surface area (Å²) >= 11 is 1.33. The molecule has 0 atom stereocenters. The smallest absolute Gasteiger partial charge is 0.369 e. The van der Waals surface area contributed by atoms with Gasteiger partial charge in [-0.25, -0.2) is 0 Å². The van der Waals surface area contributed by atoms with Crippen molar-refractivity contribution in [1.29, 1.82) is 0 Å². The molecule has 0 saturated heterocycles. The quantitative estimate of drug-likeness (QED) is 0.579. The third-order valence-corrected chi connectivity index (χ3v) is 3.44. The van der Waals surface area contributed by atoms with Crippen molar-refractivity contribution in [2.75, 3.05) is 13.2 Å². The van der Waals surface area contributed by atoms with Gasteiger partial charge in [-0.3, -0.25) is 0 Å². The number of thiophene rings is 1. The van der Waals surface area contributed by atoms with E-state index in [4.69, 9.17) is 0 Å².